The van der Waals surface area contributed by atoms with E-state index in [1.165, 1.54) is 11.0 Å². The van der Waals surface area contributed by atoms with Crippen molar-refractivity contribution in [1.82, 2.24) is 24.6 Å². The first-order valence-electron chi connectivity index (χ1n) is 10.7. The molecular formula is C22H31F2N5O2. The summed E-state index contributed by atoms with van der Waals surface area (Å²) in [5, 5.41) is 4.50. The average Bonchev–Trinajstić information content (AvgIpc) is 2.97. The van der Waals surface area contributed by atoms with Gasteiger partial charge in [-0.1, -0.05) is 13.8 Å². The van der Waals surface area contributed by atoms with Gasteiger partial charge in [0.2, 0.25) is 0 Å². The summed E-state index contributed by atoms with van der Waals surface area (Å²) in [6.07, 6.45) is 3.06. The number of carbonyl (C=O) groups is 1. The molecule has 9 heteroatoms. The van der Waals surface area contributed by atoms with E-state index < -0.39 is 12.0 Å². The van der Waals surface area contributed by atoms with E-state index in [4.69, 9.17) is 4.74 Å². The predicted molar refractivity (Wildman–Crippen MR) is 113 cm³/mol. The summed E-state index contributed by atoms with van der Waals surface area (Å²) < 4.78 is 34.4. The molecule has 0 aromatic carbocycles. The van der Waals surface area contributed by atoms with E-state index in [-0.39, 0.29) is 23.2 Å². The summed E-state index contributed by atoms with van der Waals surface area (Å²) in [6.45, 7) is 12.4. The molecule has 1 aliphatic carbocycles. The van der Waals surface area contributed by atoms with Crippen LogP contribution in [0.1, 0.15) is 71.2 Å². The number of likely N-dealkylation sites (tertiary alicyclic amines) is 1. The second-order valence-electron chi connectivity index (χ2n) is 9.13. The van der Waals surface area contributed by atoms with Gasteiger partial charge in [-0.3, -0.25) is 4.68 Å². The number of hydrogen-bond acceptors (Lipinski definition) is 5. The van der Waals surface area contributed by atoms with Gasteiger partial charge in [0.15, 0.2) is 0 Å². The minimum atomic E-state index is -2.61. The standard InChI is InChI=1S/C20H25F2N5O2.C2H6/c1-12-15(13-7-23-11-24-8-13)25-27(16(12)17(21)22)14-5-20(6-14)9-26(10-20)18(28)29-19(2,3)4;1-2/h7-8,11,14,17H,5-6,9-10H2,1-4H3;1-2H3. The molecule has 1 amide bonds. The molecule has 0 unspecified atom stereocenters. The first kappa shape index (κ1) is 23.1. The quantitative estimate of drug-likeness (QED) is 0.664. The molecule has 4 rings (SSSR count). The summed E-state index contributed by atoms with van der Waals surface area (Å²) in [5.41, 5.74) is 0.979. The third-order valence-corrected chi connectivity index (χ3v) is 5.62. The van der Waals surface area contributed by atoms with Gasteiger partial charge in [-0.05, 0) is 40.5 Å². The van der Waals surface area contributed by atoms with Crippen molar-refractivity contribution in [2.45, 2.75) is 72.5 Å². The highest BCUT2D eigenvalue weighted by Crippen LogP contribution is 2.55. The number of aromatic nitrogens is 4. The van der Waals surface area contributed by atoms with E-state index >= 15 is 0 Å². The monoisotopic (exact) mass is 435 g/mol. The Hall–Kier alpha value is -2.58. The maximum absolute atomic E-state index is 13.8. The molecule has 1 spiro atoms. The fraction of sp³-hybridized carbons (Fsp3) is 0.636. The smallest absolute Gasteiger partial charge is 0.410 e. The summed E-state index contributed by atoms with van der Waals surface area (Å²) in [6, 6.07) is -0.100. The van der Waals surface area contributed by atoms with Crippen molar-refractivity contribution < 1.29 is 18.3 Å². The average molecular weight is 436 g/mol. The number of ether oxygens (including phenoxy) is 1. The Morgan fingerprint density at radius 1 is 1.19 bits per heavy atom. The molecule has 31 heavy (non-hydrogen) atoms. The van der Waals surface area contributed by atoms with Crippen molar-refractivity contribution in [2.75, 3.05) is 13.1 Å². The van der Waals surface area contributed by atoms with Crippen molar-refractivity contribution in [2.24, 2.45) is 5.41 Å². The Bertz CT molecular complexity index is 910. The zero-order valence-electron chi connectivity index (χ0n) is 19.0. The van der Waals surface area contributed by atoms with Crippen molar-refractivity contribution in [3.05, 3.63) is 30.0 Å². The Balaban J connectivity index is 0.00000132. The minimum absolute atomic E-state index is 0.0170. The number of amides is 1. The summed E-state index contributed by atoms with van der Waals surface area (Å²) in [5.74, 6) is 0. The third-order valence-electron chi connectivity index (χ3n) is 5.62. The normalized spacial score (nSPS) is 17.6. The molecule has 2 aromatic heterocycles. The van der Waals surface area contributed by atoms with Crippen molar-refractivity contribution in [3.63, 3.8) is 0 Å². The molecule has 0 N–H and O–H groups in total. The second kappa shape index (κ2) is 8.51. The maximum atomic E-state index is 13.8. The molecule has 7 nitrogen and oxygen atoms in total. The van der Waals surface area contributed by atoms with Gasteiger partial charge >= 0.3 is 6.09 Å². The first-order chi connectivity index (χ1) is 14.6. The lowest BCUT2D eigenvalue weighted by Crippen LogP contribution is -2.64. The number of halogens is 2. The molecule has 1 saturated heterocycles. The van der Waals surface area contributed by atoms with E-state index in [0.717, 1.165) is 12.8 Å². The predicted octanol–water partition coefficient (Wildman–Crippen LogP) is 5.18. The van der Waals surface area contributed by atoms with Gasteiger partial charge in [0.05, 0.1) is 11.7 Å². The van der Waals surface area contributed by atoms with Crippen LogP contribution >= 0.6 is 0 Å². The van der Waals surface area contributed by atoms with Crippen LogP contribution in [0.2, 0.25) is 0 Å². The van der Waals surface area contributed by atoms with E-state index in [0.29, 0.717) is 29.9 Å². The molecule has 0 atom stereocenters. The van der Waals surface area contributed by atoms with Crippen LogP contribution in [0, 0.1) is 12.3 Å². The van der Waals surface area contributed by atoms with Crippen LogP contribution in [-0.4, -0.2) is 49.4 Å². The lowest BCUT2D eigenvalue weighted by Gasteiger charge is -2.58. The summed E-state index contributed by atoms with van der Waals surface area (Å²) in [4.78, 5) is 21.7. The number of hydrogen-bond donors (Lipinski definition) is 0. The first-order valence-corrected chi connectivity index (χ1v) is 10.7. The fourth-order valence-corrected chi connectivity index (χ4v) is 4.36. The highest BCUT2D eigenvalue weighted by Gasteiger charge is 2.55. The van der Waals surface area contributed by atoms with Crippen LogP contribution < -0.4 is 0 Å². The Kier molecular flexibility index (Phi) is 6.34. The number of alkyl halides is 2. The second-order valence-corrected chi connectivity index (χ2v) is 9.13. The lowest BCUT2D eigenvalue weighted by atomic mass is 9.61. The van der Waals surface area contributed by atoms with Gasteiger partial charge in [-0.25, -0.2) is 23.5 Å². The van der Waals surface area contributed by atoms with Crippen LogP contribution in [-0.2, 0) is 4.74 Å². The molecule has 1 saturated carbocycles. The molecule has 2 fully saturated rings. The van der Waals surface area contributed by atoms with Gasteiger partial charge in [0.1, 0.15) is 17.6 Å². The molecule has 0 radical (unpaired) electrons. The lowest BCUT2D eigenvalue weighted by molar-refractivity contribution is -0.0942. The molecule has 0 bridgehead atoms. The third kappa shape index (κ3) is 4.55. The van der Waals surface area contributed by atoms with Crippen LogP contribution in [0.4, 0.5) is 13.6 Å². The molecule has 1 aliphatic heterocycles. The Morgan fingerprint density at radius 3 is 2.29 bits per heavy atom. The van der Waals surface area contributed by atoms with Crippen molar-refractivity contribution in [3.8, 4) is 11.3 Å². The van der Waals surface area contributed by atoms with Gasteiger partial charge in [0, 0.05) is 42.0 Å². The molecule has 170 valence electrons. The van der Waals surface area contributed by atoms with E-state index in [1.807, 2.05) is 34.6 Å². The van der Waals surface area contributed by atoms with Crippen molar-refractivity contribution >= 4 is 6.09 Å². The van der Waals surface area contributed by atoms with Gasteiger partial charge < -0.3 is 9.64 Å². The molecule has 2 aliphatic rings. The van der Waals surface area contributed by atoms with E-state index in [1.54, 1.807) is 24.2 Å². The van der Waals surface area contributed by atoms with Crippen molar-refractivity contribution in [1.29, 1.82) is 0 Å². The zero-order valence-corrected chi connectivity index (χ0v) is 19.0. The van der Waals surface area contributed by atoms with Crippen LogP contribution in [0.15, 0.2) is 18.7 Å². The van der Waals surface area contributed by atoms with Crippen LogP contribution in [0.5, 0.6) is 0 Å². The maximum Gasteiger partial charge on any atom is 0.410 e. The van der Waals surface area contributed by atoms with Gasteiger partial charge in [-0.2, -0.15) is 5.10 Å². The SMILES string of the molecule is CC.Cc1c(-c2cncnc2)nn(C2CC3(C2)CN(C(=O)OC(C)(C)C)C3)c1C(F)F. The number of nitrogens with zero attached hydrogens (tertiary/aromatic N) is 5. The topological polar surface area (TPSA) is 73.1 Å². The Morgan fingerprint density at radius 2 is 1.77 bits per heavy atom. The summed E-state index contributed by atoms with van der Waals surface area (Å²) >= 11 is 0. The Labute approximate surface area is 181 Å². The van der Waals surface area contributed by atoms with Crippen LogP contribution in [0.3, 0.4) is 0 Å². The largest absolute Gasteiger partial charge is 0.444 e. The summed E-state index contributed by atoms with van der Waals surface area (Å²) in [7, 11) is 0. The highest BCUT2D eigenvalue weighted by molar-refractivity contribution is 5.69. The fourth-order valence-electron chi connectivity index (χ4n) is 4.36. The minimum Gasteiger partial charge on any atom is -0.444 e. The van der Waals surface area contributed by atoms with Gasteiger partial charge in [0.25, 0.3) is 6.43 Å². The zero-order chi connectivity index (χ0) is 23.0. The number of rotatable bonds is 3. The molecule has 3 heterocycles. The van der Waals surface area contributed by atoms with E-state index in [9.17, 15) is 13.6 Å². The highest BCUT2D eigenvalue weighted by atomic mass is 19.3. The molecule has 2 aromatic rings. The number of carbonyl (C=O) groups excluding carboxylic acids is 1. The van der Waals surface area contributed by atoms with E-state index in [2.05, 4.69) is 15.1 Å². The van der Waals surface area contributed by atoms with Crippen LogP contribution in [0.25, 0.3) is 11.3 Å². The van der Waals surface area contributed by atoms with Gasteiger partial charge in [-0.15, -0.1) is 0 Å². The molecular weight excluding hydrogens is 404 g/mol.